The zero-order valence-corrected chi connectivity index (χ0v) is 16.0. The van der Waals surface area contributed by atoms with Gasteiger partial charge >= 0.3 is 5.97 Å². The van der Waals surface area contributed by atoms with Gasteiger partial charge in [-0.25, -0.2) is 0 Å². The lowest BCUT2D eigenvalue weighted by Crippen LogP contribution is -2.23. The van der Waals surface area contributed by atoms with Crippen molar-refractivity contribution in [1.29, 1.82) is 0 Å². The Bertz CT molecular complexity index is 908. The number of rotatable bonds is 6. The van der Waals surface area contributed by atoms with E-state index in [9.17, 15) is 14.4 Å². The molecule has 1 aliphatic carbocycles. The fourth-order valence-electron chi connectivity index (χ4n) is 3.60. The number of methoxy groups -OCH3 is 1. The average Bonchev–Trinajstić information content (AvgIpc) is 2.68. The molecular weight excluding hydrogens is 340 g/mol. The number of carbonyl (C=O) groups is 3. The van der Waals surface area contributed by atoms with Crippen LogP contribution in [-0.4, -0.2) is 24.6 Å². The predicted molar refractivity (Wildman–Crippen MR) is 103 cm³/mol. The van der Waals surface area contributed by atoms with Gasteiger partial charge in [-0.3, -0.25) is 14.4 Å². The van der Waals surface area contributed by atoms with Crippen LogP contribution in [0.5, 0.6) is 0 Å². The number of hydrogen-bond donors (Lipinski definition) is 0. The van der Waals surface area contributed by atoms with Gasteiger partial charge in [0.05, 0.1) is 7.11 Å². The molecule has 0 saturated heterocycles. The summed E-state index contributed by atoms with van der Waals surface area (Å²) < 4.78 is 4.67. The normalized spacial score (nSPS) is 13.1. The molecule has 0 N–H and O–H groups in total. The molecule has 0 radical (unpaired) electrons. The van der Waals surface area contributed by atoms with Crippen molar-refractivity contribution in [3.05, 3.63) is 70.3 Å². The Kier molecular flexibility index (Phi) is 5.26. The van der Waals surface area contributed by atoms with E-state index < -0.39 is 0 Å². The topological polar surface area (TPSA) is 60.4 Å². The maximum absolute atomic E-state index is 12.9. The molecule has 0 aliphatic heterocycles. The van der Waals surface area contributed by atoms with Crippen LogP contribution >= 0.6 is 0 Å². The minimum atomic E-state index is -0.190. The van der Waals surface area contributed by atoms with E-state index in [0.717, 1.165) is 24.8 Å². The quantitative estimate of drug-likeness (QED) is 0.478. The Labute approximate surface area is 159 Å². The van der Waals surface area contributed by atoms with Crippen LogP contribution in [0.25, 0.3) is 0 Å². The van der Waals surface area contributed by atoms with Crippen LogP contribution in [-0.2, 0) is 14.9 Å². The van der Waals surface area contributed by atoms with Crippen LogP contribution in [0.15, 0.2) is 42.5 Å². The Morgan fingerprint density at radius 1 is 0.889 bits per heavy atom. The van der Waals surface area contributed by atoms with Gasteiger partial charge in [0.15, 0.2) is 11.6 Å². The lowest BCUT2D eigenvalue weighted by molar-refractivity contribution is -0.140. The van der Waals surface area contributed by atoms with Gasteiger partial charge in [-0.2, -0.15) is 0 Å². The van der Waals surface area contributed by atoms with Crippen LogP contribution < -0.4 is 0 Å². The summed E-state index contributed by atoms with van der Waals surface area (Å²) in [5.41, 5.74) is 2.78. The molecule has 2 aromatic rings. The fourth-order valence-corrected chi connectivity index (χ4v) is 3.60. The van der Waals surface area contributed by atoms with Gasteiger partial charge in [0, 0.05) is 28.7 Å². The number of carbonyl (C=O) groups excluding carboxylic acids is 3. The molecule has 1 aliphatic rings. The predicted octanol–water partition coefficient (Wildman–Crippen LogP) is 4.47. The molecule has 0 amide bonds. The lowest BCUT2D eigenvalue weighted by Gasteiger charge is -2.27. The summed E-state index contributed by atoms with van der Waals surface area (Å²) in [5, 5.41) is 0. The van der Waals surface area contributed by atoms with Gasteiger partial charge in [0.1, 0.15) is 0 Å². The number of ketones is 2. The molecule has 0 atom stereocenters. The molecule has 4 nitrogen and oxygen atoms in total. The highest BCUT2D eigenvalue weighted by Crippen LogP contribution is 2.34. The number of unbranched alkanes of at least 4 members (excludes halogenated alkanes) is 1. The van der Waals surface area contributed by atoms with E-state index in [1.165, 1.54) is 7.11 Å². The number of esters is 1. The molecular formula is C23H24O4. The maximum atomic E-state index is 12.9. The average molecular weight is 364 g/mol. The first-order valence-corrected chi connectivity index (χ1v) is 9.25. The van der Waals surface area contributed by atoms with Crippen molar-refractivity contribution in [1.82, 2.24) is 0 Å². The van der Waals surface area contributed by atoms with E-state index in [1.807, 2.05) is 12.1 Å². The first kappa shape index (κ1) is 19.0. The van der Waals surface area contributed by atoms with Gasteiger partial charge in [-0.1, -0.05) is 50.6 Å². The molecule has 0 unspecified atom stereocenters. The van der Waals surface area contributed by atoms with Crippen molar-refractivity contribution >= 4 is 17.5 Å². The number of ether oxygens (including phenoxy) is 1. The zero-order valence-electron chi connectivity index (χ0n) is 16.0. The second kappa shape index (κ2) is 7.47. The Morgan fingerprint density at radius 2 is 1.48 bits per heavy atom. The number of benzene rings is 2. The highest BCUT2D eigenvalue weighted by atomic mass is 16.5. The minimum Gasteiger partial charge on any atom is -0.469 e. The highest BCUT2D eigenvalue weighted by molar-refractivity contribution is 6.28. The van der Waals surface area contributed by atoms with Crippen molar-refractivity contribution in [3.63, 3.8) is 0 Å². The molecule has 0 fully saturated rings. The van der Waals surface area contributed by atoms with Crippen molar-refractivity contribution in [3.8, 4) is 0 Å². The standard InChI is InChI=1S/C23H24O4/c1-23(2,13-7-6-10-20(24)27-3)15-11-12-18-19(14-15)22(26)17-9-5-4-8-16(17)21(18)25/h4-5,8-9,11-12,14H,6-7,10,13H2,1-3H3. The van der Waals surface area contributed by atoms with E-state index in [2.05, 4.69) is 18.6 Å². The Morgan fingerprint density at radius 3 is 2.11 bits per heavy atom. The first-order valence-electron chi connectivity index (χ1n) is 9.25. The summed E-state index contributed by atoms with van der Waals surface area (Å²) in [6, 6.07) is 12.6. The zero-order chi connectivity index (χ0) is 19.6. The van der Waals surface area contributed by atoms with Crippen LogP contribution in [0.2, 0.25) is 0 Å². The maximum Gasteiger partial charge on any atom is 0.305 e. The first-order chi connectivity index (χ1) is 12.8. The van der Waals surface area contributed by atoms with E-state index in [0.29, 0.717) is 28.7 Å². The molecule has 0 aromatic heterocycles. The lowest BCUT2D eigenvalue weighted by atomic mass is 9.76. The monoisotopic (exact) mass is 364 g/mol. The molecule has 140 valence electrons. The van der Waals surface area contributed by atoms with Gasteiger partial charge in [0.2, 0.25) is 0 Å². The van der Waals surface area contributed by atoms with Crippen LogP contribution in [0.4, 0.5) is 0 Å². The number of hydrogen-bond acceptors (Lipinski definition) is 4. The Balaban J connectivity index is 1.82. The van der Waals surface area contributed by atoms with Gasteiger partial charge in [-0.15, -0.1) is 0 Å². The molecule has 4 heteroatoms. The third kappa shape index (κ3) is 3.70. The molecule has 0 bridgehead atoms. The summed E-state index contributed by atoms with van der Waals surface area (Å²) in [5.74, 6) is -0.379. The molecule has 2 aromatic carbocycles. The van der Waals surface area contributed by atoms with Crippen LogP contribution in [0, 0.1) is 0 Å². The van der Waals surface area contributed by atoms with Gasteiger partial charge in [0.25, 0.3) is 0 Å². The molecule has 0 heterocycles. The van der Waals surface area contributed by atoms with Crippen molar-refractivity contribution in [2.45, 2.75) is 44.9 Å². The molecule has 0 spiro atoms. The van der Waals surface area contributed by atoms with E-state index in [4.69, 9.17) is 0 Å². The summed E-state index contributed by atoms with van der Waals surface area (Å²) >= 11 is 0. The summed E-state index contributed by atoms with van der Waals surface area (Å²) in [4.78, 5) is 36.9. The summed E-state index contributed by atoms with van der Waals surface area (Å²) in [6.45, 7) is 4.24. The SMILES string of the molecule is COC(=O)CCCCC(C)(C)c1ccc2c(c1)C(=O)c1ccccc1C2=O. The van der Waals surface area contributed by atoms with Crippen molar-refractivity contribution in [2.75, 3.05) is 7.11 Å². The second-order valence-electron chi connectivity index (χ2n) is 7.63. The van der Waals surface area contributed by atoms with E-state index in [1.54, 1.807) is 30.3 Å². The van der Waals surface area contributed by atoms with Gasteiger partial charge in [-0.05, 0) is 36.0 Å². The molecule has 3 rings (SSSR count). The number of fused-ring (bicyclic) bond motifs is 2. The van der Waals surface area contributed by atoms with Crippen molar-refractivity contribution in [2.24, 2.45) is 0 Å². The van der Waals surface area contributed by atoms with Crippen LogP contribution in [0.3, 0.4) is 0 Å². The third-order valence-electron chi connectivity index (χ3n) is 5.37. The fraction of sp³-hybridized carbons (Fsp3) is 0.348. The highest BCUT2D eigenvalue weighted by Gasteiger charge is 2.31. The largest absolute Gasteiger partial charge is 0.469 e. The third-order valence-corrected chi connectivity index (χ3v) is 5.37. The van der Waals surface area contributed by atoms with E-state index >= 15 is 0 Å². The molecule has 0 saturated carbocycles. The smallest absolute Gasteiger partial charge is 0.305 e. The second-order valence-corrected chi connectivity index (χ2v) is 7.63. The summed E-state index contributed by atoms with van der Waals surface area (Å²) in [6.07, 6.45) is 2.95. The Hall–Kier alpha value is -2.75. The van der Waals surface area contributed by atoms with Gasteiger partial charge < -0.3 is 4.74 Å². The van der Waals surface area contributed by atoms with E-state index in [-0.39, 0.29) is 23.0 Å². The van der Waals surface area contributed by atoms with Crippen molar-refractivity contribution < 1.29 is 19.1 Å². The molecule has 27 heavy (non-hydrogen) atoms. The van der Waals surface area contributed by atoms with Crippen LogP contribution in [0.1, 0.15) is 76.9 Å². The minimum absolute atomic E-state index is 0.0939. The summed E-state index contributed by atoms with van der Waals surface area (Å²) in [7, 11) is 1.40.